The second kappa shape index (κ2) is 10.1. The van der Waals surface area contributed by atoms with Crippen LogP contribution >= 0.6 is 0 Å². The first-order chi connectivity index (χ1) is 15.4. The van der Waals surface area contributed by atoms with E-state index in [-0.39, 0.29) is 34.5 Å². The molecule has 7 nitrogen and oxygen atoms in total. The lowest BCUT2D eigenvalue weighted by Crippen LogP contribution is -2.60. The van der Waals surface area contributed by atoms with Crippen molar-refractivity contribution in [1.29, 1.82) is 0 Å². The van der Waals surface area contributed by atoms with Crippen LogP contribution in [0.2, 0.25) is 0 Å². The molecule has 2 N–H and O–H groups in total. The summed E-state index contributed by atoms with van der Waals surface area (Å²) in [6, 6.07) is 11.7. The largest absolute Gasteiger partial charge is 0.373 e. The molecule has 1 aliphatic heterocycles. The van der Waals surface area contributed by atoms with Crippen LogP contribution in [0.25, 0.3) is 10.8 Å². The predicted octanol–water partition coefficient (Wildman–Crippen LogP) is 3.15. The zero-order valence-corrected chi connectivity index (χ0v) is 21.3. The van der Waals surface area contributed by atoms with E-state index in [1.54, 1.807) is 18.2 Å². The van der Waals surface area contributed by atoms with E-state index in [2.05, 4.69) is 28.8 Å². The van der Waals surface area contributed by atoms with Crippen LogP contribution in [-0.2, 0) is 19.6 Å². The van der Waals surface area contributed by atoms with Gasteiger partial charge in [0.2, 0.25) is 15.9 Å². The number of hydrogen-bond donors (Lipinski definition) is 2. The van der Waals surface area contributed by atoms with Gasteiger partial charge in [0.25, 0.3) is 0 Å². The summed E-state index contributed by atoms with van der Waals surface area (Å²) in [5.41, 5.74) is -0.291. The normalized spacial score (nSPS) is 21.3. The molecule has 1 aliphatic rings. The van der Waals surface area contributed by atoms with Gasteiger partial charge in [-0.2, -0.15) is 4.72 Å². The van der Waals surface area contributed by atoms with Gasteiger partial charge in [-0.3, -0.25) is 9.69 Å². The summed E-state index contributed by atoms with van der Waals surface area (Å²) in [5, 5.41) is 4.78. The molecule has 0 radical (unpaired) electrons. The third kappa shape index (κ3) is 6.32. The zero-order valence-electron chi connectivity index (χ0n) is 20.5. The number of fused-ring (bicyclic) bond motifs is 1. The van der Waals surface area contributed by atoms with E-state index in [4.69, 9.17) is 4.74 Å². The van der Waals surface area contributed by atoms with Crippen LogP contribution in [0.3, 0.4) is 0 Å². The van der Waals surface area contributed by atoms with Crippen molar-refractivity contribution < 1.29 is 17.9 Å². The summed E-state index contributed by atoms with van der Waals surface area (Å²) in [5.74, 6) is -0.538. The Balaban J connectivity index is 1.70. The molecule has 2 aromatic rings. The lowest BCUT2D eigenvalue weighted by Gasteiger charge is -2.45. The lowest BCUT2D eigenvalue weighted by atomic mass is 9.99. The molecule has 3 atom stereocenters. The van der Waals surface area contributed by atoms with Crippen molar-refractivity contribution in [2.45, 2.75) is 70.2 Å². The molecule has 0 bridgehead atoms. The minimum Gasteiger partial charge on any atom is -0.373 e. The molecule has 0 aromatic heterocycles. The van der Waals surface area contributed by atoms with Crippen LogP contribution in [0.5, 0.6) is 0 Å². The highest BCUT2D eigenvalue weighted by Crippen LogP contribution is 2.22. The molecule has 8 heteroatoms. The first-order valence-electron chi connectivity index (χ1n) is 11.6. The first-order valence-corrected chi connectivity index (χ1v) is 13.1. The van der Waals surface area contributed by atoms with Gasteiger partial charge in [-0.05, 0) is 56.5 Å². The fourth-order valence-electron chi connectivity index (χ4n) is 4.26. The Morgan fingerprint density at radius 1 is 1.09 bits per heavy atom. The molecule has 3 unspecified atom stereocenters. The maximum atomic E-state index is 13.1. The number of carbonyl (C=O) groups is 1. The quantitative estimate of drug-likeness (QED) is 0.612. The van der Waals surface area contributed by atoms with E-state index in [1.165, 1.54) is 0 Å². The van der Waals surface area contributed by atoms with Crippen LogP contribution in [0.15, 0.2) is 47.4 Å². The Hall–Kier alpha value is -2.00. The standard InChI is InChI=1S/C25H37N3O4S/c1-17(2)23(24(29)26-16-25(5,6)28-14-18(3)32-19(4)15-28)27-33(30,31)22-12-11-20-9-7-8-10-21(20)13-22/h7-13,17-19,23,27H,14-16H2,1-6H3,(H,26,29). The SMILES string of the molecule is CC1CN(C(C)(C)CNC(=O)C(NS(=O)(=O)c2ccc3ccccc3c2)C(C)C)CC(C)O1. The van der Waals surface area contributed by atoms with Crippen molar-refractivity contribution >= 4 is 26.7 Å². The maximum absolute atomic E-state index is 13.1. The number of amides is 1. The number of sulfonamides is 1. The minimum absolute atomic E-state index is 0.126. The van der Waals surface area contributed by atoms with E-state index in [0.717, 1.165) is 23.9 Å². The first kappa shape index (κ1) is 25.6. The summed E-state index contributed by atoms with van der Waals surface area (Å²) in [6.45, 7) is 13.9. The maximum Gasteiger partial charge on any atom is 0.241 e. The average molecular weight is 476 g/mol. The van der Waals surface area contributed by atoms with E-state index in [0.29, 0.717) is 6.54 Å². The third-order valence-electron chi connectivity index (χ3n) is 6.23. The lowest BCUT2D eigenvalue weighted by molar-refractivity contribution is -0.125. The van der Waals surface area contributed by atoms with Crippen molar-refractivity contribution in [2.24, 2.45) is 5.92 Å². The number of nitrogens with zero attached hydrogens (tertiary/aromatic N) is 1. The van der Waals surface area contributed by atoms with E-state index >= 15 is 0 Å². The highest BCUT2D eigenvalue weighted by molar-refractivity contribution is 7.89. The molecule has 182 valence electrons. The number of morpholine rings is 1. The van der Waals surface area contributed by atoms with E-state index in [9.17, 15) is 13.2 Å². The number of hydrogen-bond acceptors (Lipinski definition) is 5. The molecule has 2 aromatic carbocycles. The summed E-state index contributed by atoms with van der Waals surface area (Å²) >= 11 is 0. The van der Waals surface area contributed by atoms with E-state index in [1.807, 2.05) is 52.0 Å². The molecule has 0 spiro atoms. The monoisotopic (exact) mass is 475 g/mol. The molecule has 33 heavy (non-hydrogen) atoms. The second-order valence-electron chi connectivity index (χ2n) is 10.0. The van der Waals surface area contributed by atoms with Crippen LogP contribution in [-0.4, -0.2) is 62.6 Å². The Morgan fingerprint density at radius 3 is 2.30 bits per heavy atom. The summed E-state index contributed by atoms with van der Waals surface area (Å²) in [7, 11) is -3.87. The van der Waals surface area contributed by atoms with Gasteiger partial charge >= 0.3 is 0 Å². The molecule has 3 rings (SSSR count). The van der Waals surface area contributed by atoms with Crippen molar-refractivity contribution in [3.63, 3.8) is 0 Å². The number of benzene rings is 2. The summed E-state index contributed by atoms with van der Waals surface area (Å²) < 4.78 is 34.7. The van der Waals surface area contributed by atoms with Crippen molar-refractivity contribution in [3.8, 4) is 0 Å². The summed E-state index contributed by atoms with van der Waals surface area (Å²) in [6.07, 6.45) is 0.252. The topological polar surface area (TPSA) is 87.7 Å². The average Bonchev–Trinajstić information content (AvgIpc) is 2.74. The third-order valence-corrected chi connectivity index (χ3v) is 7.67. The van der Waals surface area contributed by atoms with Crippen LogP contribution in [0, 0.1) is 5.92 Å². The van der Waals surface area contributed by atoms with Gasteiger partial charge in [-0.15, -0.1) is 0 Å². The number of rotatable bonds is 8. The van der Waals surface area contributed by atoms with E-state index < -0.39 is 16.1 Å². The fraction of sp³-hybridized carbons (Fsp3) is 0.560. The van der Waals surface area contributed by atoms with Gasteiger partial charge in [-0.25, -0.2) is 8.42 Å². The van der Waals surface area contributed by atoms with Gasteiger partial charge in [-0.1, -0.05) is 44.2 Å². The van der Waals surface area contributed by atoms with Gasteiger partial charge in [0.05, 0.1) is 17.1 Å². The predicted molar refractivity (Wildman–Crippen MR) is 132 cm³/mol. The Bertz CT molecular complexity index is 1070. The molecule has 1 fully saturated rings. The molecule has 0 aliphatic carbocycles. The molecule has 1 saturated heterocycles. The molecule has 1 heterocycles. The minimum atomic E-state index is -3.87. The zero-order chi connectivity index (χ0) is 24.4. The van der Waals surface area contributed by atoms with Crippen molar-refractivity contribution in [2.75, 3.05) is 19.6 Å². The van der Waals surface area contributed by atoms with Crippen molar-refractivity contribution in [1.82, 2.24) is 14.9 Å². The summed E-state index contributed by atoms with van der Waals surface area (Å²) in [4.78, 5) is 15.5. The van der Waals surface area contributed by atoms with Gasteiger partial charge in [0, 0.05) is 25.2 Å². The van der Waals surface area contributed by atoms with Crippen LogP contribution < -0.4 is 10.0 Å². The molecule has 0 saturated carbocycles. The number of carbonyl (C=O) groups excluding carboxylic acids is 1. The van der Waals surface area contributed by atoms with Crippen LogP contribution in [0.1, 0.15) is 41.5 Å². The fourth-order valence-corrected chi connectivity index (χ4v) is 5.64. The molecule has 1 amide bonds. The molecular weight excluding hydrogens is 438 g/mol. The molecular formula is C25H37N3O4S. The smallest absolute Gasteiger partial charge is 0.241 e. The highest BCUT2D eigenvalue weighted by atomic mass is 32.2. The van der Waals surface area contributed by atoms with Crippen molar-refractivity contribution in [3.05, 3.63) is 42.5 Å². The van der Waals surface area contributed by atoms with Gasteiger partial charge in [0.15, 0.2) is 0 Å². The number of nitrogens with one attached hydrogen (secondary N) is 2. The van der Waals surface area contributed by atoms with Gasteiger partial charge in [0.1, 0.15) is 6.04 Å². The Kier molecular flexibility index (Phi) is 7.84. The Labute approximate surface area is 197 Å². The highest BCUT2D eigenvalue weighted by Gasteiger charge is 2.35. The van der Waals surface area contributed by atoms with Gasteiger partial charge < -0.3 is 10.1 Å². The second-order valence-corrected chi connectivity index (χ2v) is 11.8. The van der Waals surface area contributed by atoms with Crippen LogP contribution in [0.4, 0.5) is 0 Å². The Morgan fingerprint density at radius 2 is 1.70 bits per heavy atom. The number of ether oxygens (including phenoxy) is 1.